The third kappa shape index (κ3) is 2.21. The highest BCUT2D eigenvalue weighted by atomic mass is 16.2. The van der Waals surface area contributed by atoms with Gasteiger partial charge in [-0.1, -0.05) is 18.2 Å². The first kappa shape index (κ1) is 10.8. The van der Waals surface area contributed by atoms with E-state index < -0.39 is 0 Å². The van der Waals surface area contributed by atoms with Crippen LogP contribution >= 0.6 is 0 Å². The van der Waals surface area contributed by atoms with Gasteiger partial charge in [0.1, 0.15) is 0 Å². The van der Waals surface area contributed by atoms with Crippen molar-refractivity contribution in [1.82, 2.24) is 5.32 Å². The van der Waals surface area contributed by atoms with E-state index in [9.17, 15) is 4.79 Å². The maximum absolute atomic E-state index is 11.7. The van der Waals surface area contributed by atoms with Crippen LogP contribution < -0.4 is 5.32 Å². The van der Waals surface area contributed by atoms with Gasteiger partial charge in [0.2, 0.25) is 5.91 Å². The lowest BCUT2D eigenvalue weighted by atomic mass is 10.0. The minimum absolute atomic E-state index is 0.147. The van der Waals surface area contributed by atoms with Crippen molar-refractivity contribution >= 4 is 5.91 Å². The molecule has 1 fully saturated rings. The van der Waals surface area contributed by atoms with E-state index in [2.05, 4.69) is 30.4 Å². The normalized spacial score (nSPS) is 19.8. The van der Waals surface area contributed by atoms with E-state index in [0.717, 1.165) is 12.8 Å². The van der Waals surface area contributed by atoms with Gasteiger partial charge < -0.3 is 5.32 Å². The van der Waals surface area contributed by atoms with Crippen LogP contribution in [0.1, 0.15) is 48.9 Å². The molecule has 90 valence electrons. The smallest absolute Gasteiger partial charge is 0.223 e. The number of amides is 1. The molecule has 0 spiro atoms. The second kappa shape index (κ2) is 4.17. The van der Waals surface area contributed by atoms with Crippen LogP contribution in [-0.4, -0.2) is 5.91 Å². The van der Waals surface area contributed by atoms with Crippen molar-refractivity contribution in [3.8, 4) is 0 Å². The molecule has 0 radical (unpaired) electrons. The number of aryl methyl sites for hydroxylation is 2. The van der Waals surface area contributed by atoms with Gasteiger partial charge in [0.15, 0.2) is 0 Å². The zero-order valence-electron chi connectivity index (χ0n) is 10.3. The molecule has 0 aromatic heterocycles. The number of fused-ring (bicyclic) bond motifs is 1. The van der Waals surface area contributed by atoms with Crippen LogP contribution in [0.4, 0.5) is 0 Å². The number of benzene rings is 1. The number of hydrogen-bond acceptors (Lipinski definition) is 1. The monoisotopic (exact) mass is 229 g/mol. The Morgan fingerprint density at radius 3 is 2.82 bits per heavy atom. The molecular weight excluding hydrogens is 210 g/mol. The molecule has 1 N–H and O–H groups in total. The molecule has 1 amide bonds. The van der Waals surface area contributed by atoms with E-state index in [4.69, 9.17) is 0 Å². The molecule has 1 unspecified atom stereocenters. The number of hydrogen-bond donors (Lipinski definition) is 1. The highest BCUT2D eigenvalue weighted by Crippen LogP contribution is 2.30. The molecule has 0 bridgehead atoms. The first-order chi connectivity index (χ1) is 8.24. The maximum Gasteiger partial charge on any atom is 0.223 e. The van der Waals surface area contributed by atoms with Crippen molar-refractivity contribution in [3.05, 3.63) is 34.9 Å². The van der Waals surface area contributed by atoms with Gasteiger partial charge in [0, 0.05) is 5.92 Å². The molecule has 0 heterocycles. The highest BCUT2D eigenvalue weighted by molar-refractivity contribution is 5.81. The Labute approximate surface area is 102 Å². The average Bonchev–Trinajstić information content (AvgIpc) is 3.07. The molecule has 2 heteroatoms. The second-order valence-electron chi connectivity index (χ2n) is 5.39. The first-order valence-electron chi connectivity index (χ1n) is 6.66. The summed E-state index contributed by atoms with van der Waals surface area (Å²) in [5.41, 5.74) is 4.23. The SMILES string of the molecule is CC(NC(=O)C1CC1)c1ccc2c(c1)CCC2. The summed E-state index contributed by atoms with van der Waals surface area (Å²) in [6, 6.07) is 6.83. The molecule has 1 atom stereocenters. The van der Waals surface area contributed by atoms with Crippen LogP contribution in [0, 0.1) is 5.92 Å². The fourth-order valence-corrected chi connectivity index (χ4v) is 2.62. The number of nitrogens with one attached hydrogen (secondary N) is 1. The van der Waals surface area contributed by atoms with Crippen molar-refractivity contribution in [2.75, 3.05) is 0 Å². The fraction of sp³-hybridized carbons (Fsp3) is 0.533. The molecule has 2 nitrogen and oxygen atoms in total. The van der Waals surface area contributed by atoms with Gasteiger partial charge in [0.25, 0.3) is 0 Å². The maximum atomic E-state index is 11.7. The molecule has 1 aromatic carbocycles. The van der Waals surface area contributed by atoms with E-state index in [-0.39, 0.29) is 11.9 Å². The van der Waals surface area contributed by atoms with Gasteiger partial charge in [-0.25, -0.2) is 0 Å². The summed E-state index contributed by atoms with van der Waals surface area (Å²) in [7, 11) is 0. The Morgan fingerprint density at radius 2 is 2.06 bits per heavy atom. The number of carbonyl (C=O) groups excluding carboxylic acids is 1. The first-order valence-corrected chi connectivity index (χ1v) is 6.66. The molecule has 2 aliphatic carbocycles. The Balaban J connectivity index is 1.72. The van der Waals surface area contributed by atoms with Gasteiger partial charge in [-0.3, -0.25) is 4.79 Å². The van der Waals surface area contributed by atoms with E-state index in [0.29, 0.717) is 5.92 Å². The number of carbonyl (C=O) groups is 1. The van der Waals surface area contributed by atoms with E-state index in [1.807, 2.05) is 0 Å². The van der Waals surface area contributed by atoms with Crippen molar-refractivity contribution in [3.63, 3.8) is 0 Å². The standard InChI is InChI=1S/C15H19NO/c1-10(16-15(17)12-6-7-12)13-8-5-11-3-2-4-14(11)9-13/h5,8-10,12H,2-4,6-7H2,1H3,(H,16,17). The predicted molar refractivity (Wildman–Crippen MR) is 67.7 cm³/mol. The van der Waals surface area contributed by atoms with Gasteiger partial charge in [-0.15, -0.1) is 0 Å². The molecule has 2 aliphatic rings. The summed E-state index contributed by atoms with van der Waals surface area (Å²) in [6.07, 6.45) is 5.85. The molecule has 1 aromatic rings. The second-order valence-corrected chi connectivity index (χ2v) is 5.39. The minimum Gasteiger partial charge on any atom is -0.349 e. The van der Waals surface area contributed by atoms with Crippen LogP contribution in [0.15, 0.2) is 18.2 Å². The summed E-state index contributed by atoms with van der Waals surface area (Å²) in [4.78, 5) is 11.7. The van der Waals surface area contributed by atoms with Gasteiger partial charge >= 0.3 is 0 Å². The van der Waals surface area contributed by atoms with Crippen LogP contribution in [0.5, 0.6) is 0 Å². The Kier molecular flexibility index (Phi) is 2.65. The van der Waals surface area contributed by atoms with Crippen molar-refractivity contribution < 1.29 is 4.79 Å². The zero-order chi connectivity index (χ0) is 11.8. The zero-order valence-corrected chi connectivity index (χ0v) is 10.3. The lowest BCUT2D eigenvalue weighted by Crippen LogP contribution is -2.27. The highest BCUT2D eigenvalue weighted by Gasteiger charge is 2.30. The lowest BCUT2D eigenvalue weighted by Gasteiger charge is -2.15. The van der Waals surface area contributed by atoms with Crippen LogP contribution in [0.3, 0.4) is 0 Å². The number of rotatable bonds is 3. The third-order valence-corrected chi connectivity index (χ3v) is 3.93. The van der Waals surface area contributed by atoms with Gasteiger partial charge in [0.05, 0.1) is 6.04 Å². The van der Waals surface area contributed by atoms with E-state index in [1.165, 1.54) is 36.0 Å². The Hall–Kier alpha value is -1.31. The van der Waals surface area contributed by atoms with Crippen molar-refractivity contribution in [2.45, 2.75) is 45.1 Å². The van der Waals surface area contributed by atoms with Crippen molar-refractivity contribution in [1.29, 1.82) is 0 Å². The van der Waals surface area contributed by atoms with Gasteiger partial charge in [-0.05, 0) is 55.7 Å². The third-order valence-electron chi connectivity index (χ3n) is 3.93. The summed E-state index contributed by atoms with van der Waals surface area (Å²) in [5, 5.41) is 3.11. The molecule has 0 saturated heterocycles. The topological polar surface area (TPSA) is 29.1 Å². The Morgan fingerprint density at radius 1 is 1.29 bits per heavy atom. The summed E-state index contributed by atoms with van der Waals surface area (Å²) in [6.45, 7) is 2.08. The molecule has 1 saturated carbocycles. The molecular formula is C15H19NO. The fourth-order valence-electron chi connectivity index (χ4n) is 2.62. The van der Waals surface area contributed by atoms with Gasteiger partial charge in [-0.2, -0.15) is 0 Å². The molecule has 17 heavy (non-hydrogen) atoms. The van der Waals surface area contributed by atoms with Crippen LogP contribution in [0.2, 0.25) is 0 Å². The molecule has 3 rings (SSSR count). The lowest BCUT2D eigenvalue weighted by molar-refractivity contribution is -0.122. The van der Waals surface area contributed by atoms with Crippen LogP contribution in [-0.2, 0) is 17.6 Å². The van der Waals surface area contributed by atoms with Crippen LogP contribution in [0.25, 0.3) is 0 Å². The largest absolute Gasteiger partial charge is 0.349 e. The average molecular weight is 229 g/mol. The summed E-state index contributed by atoms with van der Waals surface area (Å²) < 4.78 is 0. The summed E-state index contributed by atoms with van der Waals surface area (Å²) in [5.74, 6) is 0.532. The summed E-state index contributed by atoms with van der Waals surface area (Å²) >= 11 is 0. The quantitative estimate of drug-likeness (QED) is 0.848. The Bertz CT molecular complexity index is 448. The molecule has 0 aliphatic heterocycles. The van der Waals surface area contributed by atoms with E-state index >= 15 is 0 Å². The van der Waals surface area contributed by atoms with E-state index in [1.54, 1.807) is 0 Å². The van der Waals surface area contributed by atoms with Crippen molar-refractivity contribution in [2.24, 2.45) is 5.92 Å². The predicted octanol–water partition coefficient (Wildman–Crippen LogP) is 2.76. The minimum atomic E-state index is 0.147.